The number of likely N-dealkylation sites (tertiary alicyclic amines) is 1. The molecule has 2 aliphatic heterocycles. The first kappa shape index (κ1) is 19.6. The maximum absolute atomic E-state index is 4.74. The summed E-state index contributed by atoms with van der Waals surface area (Å²) < 4.78 is 0. The first-order chi connectivity index (χ1) is 12.5. The van der Waals surface area contributed by atoms with Gasteiger partial charge in [0.05, 0.1) is 0 Å². The van der Waals surface area contributed by atoms with Gasteiger partial charge in [-0.3, -0.25) is 4.90 Å². The molecule has 146 valence electrons. The molecular weight excluding hydrogens is 322 g/mol. The van der Waals surface area contributed by atoms with Crippen molar-refractivity contribution in [3.8, 4) is 0 Å². The van der Waals surface area contributed by atoms with Crippen LogP contribution in [-0.2, 0) is 6.42 Å². The third-order valence-corrected chi connectivity index (χ3v) is 6.27. The number of rotatable bonds is 8. The van der Waals surface area contributed by atoms with Crippen molar-refractivity contribution in [1.82, 2.24) is 19.8 Å². The van der Waals surface area contributed by atoms with E-state index >= 15 is 0 Å². The lowest BCUT2D eigenvalue weighted by atomic mass is 10.1. The topological polar surface area (TPSA) is 35.5 Å². The molecule has 0 radical (unpaired) electrons. The first-order valence-electron chi connectivity index (χ1n) is 10.5. The lowest BCUT2D eigenvalue weighted by molar-refractivity contribution is 0.176. The molecule has 0 aliphatic carbocycles. The van der Waals surface area contributed by atoms with Gasteiger partial charge in [0.25, 0.3) is 0 Å². The van der Waals surface area contributed by atoms with Gasteiger partial charge in [0, 0.05) is 49.7 Å². The van der Waals surface area contributed by atoms with E-state index in [4.69, 9.17) is 9.97 Å². The molecule has 0 N–H and O–H groups in total. The summed E-state index contributed by atoms with van der Waals surface area (Å²) >= 11 is 0. The van der Waals surface area contributed by atoms with Crippen molar-refractivity contribution < 1.29 is 0 Å². The summed E-state index contributed by atoms with van der Waals surface area (Å²) in [5.41, 5.74) is 1.27. The van der Waals surface area contributed by atoms with Gasteiger partial charge in [-0.25, -0.2) is 9.97 Å². The Morgan fingerprint density at radius 2 is 1.65 bits per heavy atom. The Hall–Kier alpha value is -1.20. The molecule has 2 fully saturated rings. The van der Waals surface area contributed by atoms with Crippen molar-refractivity contribution in [3.63, 3.8) is 0 Å². The SMILES string of the molecule is CC(C)N(C)CCCCc1cnc(N2C3CCC2CN(C(C)C)C3)nc1. The fourth-order valence-corrected chi connectivity index (χ4v) is 4.24. The number of aryl methyl sites for hydroxylation is 1. The number of piperazine rings is 1. The van der Waals surface area contributed by atoms with Crippen molar-refractivity contribution in [1.29, 1.82) is 0 Å². The van der Waals surface area contributed by atoms with Crippen LogP contribution in [0.2, 0.25) is 0 Å². The third-order valence-electron chi connectivity index (χ3n) is 6.27. The summed E-state index contributed by atoms with van der Waals surface area (Å²) in [5, 5.41) is 0. The molecule has 0 aromatic carbocycles. The highest BCUT2D eigenvalue weighted by Crippen LogP contribution is 2.33. The Labute approximate surface area is 159 Å². The molecule has 2 saturated heterocycles. The summed E-state index contributed by atoms with van der Waals surface area (Å²) in [6.45, 7) is 12.6. The fraction of sp³-hybridized carbons (Fsp3) is 0.810. The highest BCUT2D eigenvalue weighted by atomic mass is 15.4. The minimum Gasteiger partial charge on any atom is -0.332 e. The molecule has 2 aliphatic rings. The van der Waals surface area contributed by atoms with Crippen LogP contribution in [0.4, 0.5) is 5.95 Å². The second-order valence-corrected chi connectivity index (χ2v) is 8.76. The zero-order valence-electron chi connectivity index (χ0n) is 17.4. The molecule has 5 nitrogen and oxygen atoms in total. The molecular formula is C21H37N5. The molecule has 2 bridgehead atoms. The van der Waals surface area contributed by atoms with Crippen molar-refractivity contribution in [3.05, 3.63) is 18.0 Å². The lowest BCUT2D eigenvalue weighted by Gasteiger charge is -2.42. The number of anilines is 1. The normalized spacial score (nSPS) is 23.6. The van der Waals surface area contributed by atoms with Crippen LogP contribution in [0.15, 0.2) is 12.4 Å². The summed E-state index contributed by atoms with van der Waals surface area (Å²) in [6, 6.07) is 2.45. The van der Waals surface area contributed by atoms with E-state index < -0.39 is 0 Å². The van der Waals surface area contributed by atoms with E-state index in [1.54, 1.807) is 0 Å². The maximum Gasteiger partial charge on any atom is 0.225 e. The summed E-state index contributed by atoms with van der Waals surface area (Å²) in [4.78, 5) is 17.0. The van der Waals surface area contributed by atoms with Crippen LogP contribution in [0.25, 0.3) is 0 Å². The number of hydrogen-bond donors (Lipinski definition) is 0. The molecule has 5 heteroatoms. The monoisotopic (exact) mass is 359 g/mol. The van der Waals surface area contributed by atoms with Crippen LogP contribution < -0.4 is 4.90 Å². The molecule has 3 rings (SSSR count). The maximum atomic E-state index is 4.74. The highest BCUT2D eigenvalue weighted by molar-refractivity contribution is 5.37. The third kappa shape index (κ3) is 4.55. The van der Waals surface area contributed by atoms with Gasteiger partial charge < -0.3 is 9.80 Å². The average Bonchev–Trinajstić information content (AvgIpc) is 2.88. The summed E-state index contributed by atoms with van der Waals surface area (Å²) in [5.74, 6) is 0.948. The zero-order valence-corrected chi connectivity index (χ0v) is 17.4. The standard InChI is InChI=1S/C21H37N5/c1-16(2)24(5)11-7-6-8-18-12-22-21(23-13-18)26-19-9-10-20(26)15-25(14-19)17(3)4/h12-13,16-17,19-20H,6-11,14-15H2,1-5H3. The smallest absolute Gasteiger partial charge is 0.225 e. The van der Waals surface area contributed by atoms with E-state index in [1.165, 1.54) is 37.8 Å². The van der Waals surface area contributed by atoms with E-state index in [1.807, 2.05) is 0 Å². The Morgan fingerprint density at radius 3 is 2.19 bits per heavy atom. The second-order valence-electron chi connectivity index (χ2n) is 8.76. The van der Waals surface area contributed by atoms with Crippen molar-refractivity contribution >= 4 is 5.95 Å². The van der Waals surface area contributed by atoms with Crippen molar-refractivity contribution in [2.75, 3.05) is 31.6 Å². The molecule has 0 saturated carbocycles. The van der Waals surface area contributed by atoms with E-state index in [0.29, 0.717) is 24.2 Å². The predicted octanol–water partition coefficient (Wildman–Crippen LogP) is 3.20. The van der Waals surface area contributed by atoms with E-state index in [2.05, 4.69) is 61.8 Å². The van der Waals surface area contributed by atoms with E-state index in [-0.39, 0.29) is 0 Å². The Bertz CT molecular complexity index is 542. The Kier molecular flexibility index (Phi) is 6.51. The van der Waals surface area contributed by atoms with Gasteiger partial charge in [0.15, 0.2) is 0 Å². The first-order valence-corrected chi connectivity index (χ1v) is 10.5. The van der Waals surface area contributed by atoms with Crippen molar-refractivity contribution in [2.24, 2.45) is 0 Å². The largest absolute Gasteiger partial charge is 0.332 e. The van der Waals surface area contributed by atoms with E-state index in [9.17, 15) is 0 Å². The summed E-state index contributed by atoms with van der Waals surface area (Å²) in [7, 11) is 2.20. The molecule has 3 heterocycles. The van der Waals surface area contributed by atoms with Crippen LogP contribution in [0.5, 0.6) is 0 Å². The Morgan fingerprint density at radius 1 is 1.04 bits per heavy atom. The van der Waals surface area contributed by atoms with Crippen LogP contribution in [-0.4, -0.2) is 70.6 Å². The van der Waals surface area contributed by atoms with Crippen molar-refractivity contribution in [2.45, 2.75) is 84.0 Å². The molecule has 0 amide bonds. The van der Waals surface area contributed by atoms with Crippen LogP contribution in [0, 0.1) is 0 Å². The number of fused-ring (bicyclic) bond motifs is 2. The number of nitrogens with zero attached hydrogens (tertiary/aromatic N) is 5. The molecule has 0 spiro atoms. The van der Waals surface area contributed by atoms with Gasteiger partial charge in [-0.15, -0.1) is 0 Å². The number of hydrogen-bond acceptors (Lipinski definition) is 5. The second kappa shape index (κ2) is 8.66. The molecule has 1 aromatic heterocycles. The lowest BCUT2D eigenvalue weighted by Crippen LogP contribution is -2.56. The minimum absolute atomic E-state index is 0.591. The fourth-order valence-electron chi connectivity index (χ4n) is 4.24. The van der Waals surface area contributed by atoms with Gasteiger partial charge in [-0.1, -0.05) is 0 Å². The number of aromatic nitrogens is 2. The van der Waals surface area contributed by atoms with Crippen LogP contribution >= 0.6 is 0 Å². The quantitative estimate of drug-likeness (QED) is 0.666. The minimum atomic E-state index is 0.591. The Balaban J connectivity index is 1.51. The van der Waals surface area contributed by atoms with Gasteiger partial charge in [0.2, 0.25) is 5.95 Å². The van der Waals surface area contributed by atoms with Gasteiger partial charge in [-0.2, -0.15) is 0 Å². The zero-order chi connectivity index (χ0) is 18.7. The molecule has 1 aromatic rings. The predicted molar refractivity (Wildman–Crippen MR) is 109 cm³/mol. The van der Waals surface area contributed by atoms with Gasteiger partial charge in [-0.05, 0) is 79.0 Å². The number of unbranched alkanes of at least 4 members (excludes halogenated alkanes) is 1. The molecule has 2 unspecified atom stereocenters. The van der Waals surface area contributed by atoms with E-state index in [0.717, 1.165) is 25.5 Å². The molecule has 26 heavy (non-hydrogen) atoms. The summed E-state index contributed by atoms with van der Waals surface area (Å²) in [6.07, 6.45) is 10.2. The average molecular weight is 360 g/mol. The van der Waals surface area contributed by atoms with Crippen LogP contribution in [0.3, 0.4) is 0 Å². The van der Waals surface area contributed by atoms with Gasteiger partial charge >= 0.3 is 0 Å². The van der Waals surface area contributed by atoms with Crippen LogP contribution in [0.1, 0.15) is 58.9 Å². The van der Waals surface area contributed by atoms with Gasteiger partial charge in [0.1, 0.15) is 0 Å². The highest BCUT2D eigenvalue weighted by Gasteiger charge is 2.41. The molecule has 2 atom stereocenters.